The van der Waals surface area contributed by atoms with E-state index in [2.05, 4.69) is 34.4 Å². The standard InChI is InChI=1S/C44H67N8O22P3S2/c1-44(2,25-71-77(68,69)74-76(66,67)70-23-30-37(73-75(63,64)65)36(58)42(72-30)52-27-51-35-39(46)49-26-50-40(35)52)38(59)41(60)48-20-19-32(54)47-21-22-78-34(57)18-13-11-9-7-5-3-4-6-8-10-12-16-31(79-24-28(45)43(61)62)29(53)15-14-17-33(55)56/h4-8,10,12-13,16,18,26-31,36-38,42,53,58-59H,3,9,11,14-15,17,19-25,45H2,1-2H3,(H,47,54)(H,48,60)(H,55,56)(H,61,62)(H,66,67)(H,68,69)(H2,46,49,50)(H2,63,64,65). The number of nitrogens with one attached hydrogen (secondary N) is 2. The number of hydrogen-bond donors (Lipinski definition) is 13. The molecule has 0 radical (unpaired) electrons. The number of aliphatic carboxylic acids is 2. The molecule has 2 amide bonds. The molecular formula is C44H67N8O22P3S2. The minimum atomic E-state index is -5.61. The number of carboxylic acids is 2. The van der Waals surface area contributed by atoms with E-state index in [1.54, 1.807) is 30.4 Å². The molecule has 15 N–H and O–H groups in total. The van der Waals surface area contributed by atoms with Gasteiger partial charge in [-0.25, -0.2) is 28.6 Å². The first kappa shape index (κ1) is 68.7. The van der Waals surface area contributed by atoms with E-state index in [4.69, 9.17) is 35.5 Å². The molecule has 442 valence electrons. The highest BCUT2D eigenvalue weighted by atomic mass is 32.2. The number of nitrogens with two attached hydrogens (primary N) is 2. The maximum atomic E-state index is 12.8. The van der Waals surface area contributed by atoms with Gasteiger partial charge in [0.1, 0.15) is 42.3 Å². The zero-order chi connectivity index (χ0) is 59.0. The Kier molecular flexibility index (Phi) is 29.1. The number of phosphoric acid groups is 3. The fourth-order valence-electron chi connectivity index (χ4n) is 6.66. The Morgan fingerprint density at radius 3 is 2.30 bits per heavy atom. The monoisotopic (exact) mass is 1220 g/mol. The molecule has 0 saturated carbocycles. The van der Waals surface area contributed by atoms with Crippen LogP contribution in [0.15, 0.2) is 73.4 Å². The smallest absolute Gasteiger partial charge is 0.481 e. The summed E-state index contributed by atoms with van der Waals surface area (Å²) < 4.78 is 62.4. The lowest BCUT2D eigenvalue weighted by Crippen LogP contribution is -2.46. The molecule has 30 nitrogen and oxygen atoms in total. The van der Waals surface area contributed by atoms with E-state index in [0.29, 0.717) is 19.3 Å². The summed E-state index contributed by atoms with van der Waals surface area (Å²) >= 11 is 2.16. The molecule has 0 aliphatic carbocycles. The van der Waals surface area contributed by atoms with E-state index in [1.165, 1.54) is 31.7 Å². The molecule has 10 unspecified atom stereocenters. The van der Waals surface area contributed by atoms with Crippen molar-refractivity contribution in [1.29, 1.82) is 0 Å². The number of rotatable bonds is 37. The van der Waals surface area contributed by atoms with E-state index in [-0.39, 0.29) is 72.4 Å². The van der Waals surface area contributed by atoms with Gasteiger partial charge < -0.3 is 71.9 Å². The van der Waals surface area contributed by atoms with Crippen molar-refractivity contribution in [2.24, 2.45) is 11.1 Å². The zero-order valence-corrected chi connectivity index (χ0v) is 47.0. The van der Waals surface area contributed by atoms with Gasteiger partial charge in [-0.05, 0) is 38.2 Å². The van der Waals surface area contributed by atoms with Crippen LogP contribution in [0.25, 0.3) is 11.2 Å². The maximum Gasteiger partial charge on any atom is 0.481 e. The third kappa shape index (κ3) is 25.9. The van der Waals surface area contributed by atoms with E-state index in [0.717, 1.165) is 29.0 Å². The summed E-state index contributed by atoms with van der Waals surface area (Å²) in [5.41, 5.74) is 9.79. The number of aliphatic hydroxyl groups excluding tert-OH is 3. The van der Waals surface area contributed by atoms with Crippen LogP contribution in [0.5, 0.6) is 0 Å². The number of imidazole rings is 1. The number of thioether (sulfide) groups is 2. The first-order valence-electron chi connectivity index (χ1n) is 23.9. The van der Waals surface area contributed by atoms with E-state index < -0.39 is 114 Å². The summed E-state index contributed by atoms with van der Waals surface area (Å²) in [5, 5.41) is 54.2. The number of nitrogen functional groups attached to an aromatic ring is 1. The Hall–Kier alpha value is -4.53. The molecule has 2 aromatic rings. The number of phosphoric ester groups is 3. The Bertz CT molecular complexity index is 2650. The lowest BCUT2D eigenvalue weighted by Gasteiger charge is -2.30. The largest absolute Gasteiger partial charge is 0.481 e. The van der Waals surface area contributed by atoms with Gasteiger partial charge >= 0.3 is 35.4 Å². The number of allylic oxidation sites excluding steroid dienone is 8. The van der Waals surface area contributed by atoms with Gasteiger partial charge in [0.05, 0.1) is 25.6 Å². The molecule has 1 aliphatic heterocycles. The number of anilines is 1. The summed E-state index contributed by atoms with van der Waals surface area (Å²) in [4.78, 5) is 110. The molecule has 1 saturated heterocycles. The average molecular weight is 1220 g/mol. The van der Waals surface area contributed by atoms with Crippen molar-refractivity contribution in [3.05, 3.63) is 73.4 Å². The lowest BCUT2D eigenvalue weighted by atomic mass is 9.87. The van der Waals surface area contributed by atoms with Crippen LogP contribution in [0.2, 0.25) is 0 Å². The molecule has 2 aromatic heterocycles. The highest BCUT2D eigenvalue weighted by Crippen LogP contribution is 2.61. The van der Waals surface area contributed by atoms with Gasteiger partial charge in [-0.3, -0.25) is 42.1 Å². The van der Waals surface area contributed by atoms with Crippen LogP contribution in [-0.4, -0.2) is 173 Å². The van der Waals surface area contributed by atoms with Gasteiger partial charge in [-0.15, -0.1) is 11.8 Å². The van der Waals surface area contributed by atoms with Crippen LogP contribution in [0.1, 0.15) is 65.0 Å². The van der Waals surface area contributed by atoms with Crippen LogP contribution in [0.3, 0.4) is 0 Å². The van der Waals surface area contributed by atoms with Gasteiger partial charge in [0.25, 0.3) is 0 Å². The Labute approximate surface area is 461 Å². The average Bonchev–Trinajstić information content (AvgIpc) is 4.13. The SMILES string of the molecule is CC(C)(COP(=O)(O)OP(=O)(O)OCC1OC(n2cnc3c(N)ncnc32)C(O)C1OP(=O)(O)O)C(O)C(=O)NCCC(=O)NCCSC(=O)C=CCCC=CCC=CC=CC=CC(SCC(N)C(=O)O)C(O)CCCC(=O)O. The van der Waals surface area contributed by atoms with Gasteiger partial charge in [-0.2, -0.15) is 4.31 Å². The molecule has 1 fully saturated rings. The normalized spacial score (nSPS) is 20.5. The van der Waals surface area contributed by atoms with E-state index in [1.807, 2.05) is 24.3 Å². The Morgan fingerprint density at radius 1 is 0.911 bits per heavy atom. The van der Waals surface area contributed by atoms with Crippen LogP contribution >= 0.6 is 47.0 Å². The Morgan fingerprint density at radius 2 is 1.61 bits per heavy atom. The number of carbonyl (C=O) groups excluding carboxylic acids is 3. The first-order valence-corrected chi connectivity index (χ1v) is 30.4. The van der Waals surface area contributed by atoms with Crippen molar-refractivity contribution in [2.75, 3.05) is 43.5 Å². The van der Waals surface area contributed by atoms with Crippen LogP contribution < -0.4 is 22.1 Å². The van der Waals surface area contributed by atoms with E-state index in [9.17, 15) is 72.6 Å². The molecule has 35 heteroatoms. The molecule has 3 rings (SSSR count). The summed E-state index contributed by atoms with van der Waals surface area (Å²) in [5.74, 6) is -3.36. The molecule has 79 heavy (non-hydrogen) atoms. The lowest BCUT2D eigenvalue weighted by molar-refractivity contribution is -0.138. The highest BCUT2D eigenvalue weighted by molar-refractivity contribution is 8.14. The minimum Gasteiger partial charge on any atom is -0.481 e. The minimum absolute atomic E-state index is 0.0153. The predicted molar refractivity (Wildman–Crippen MR) is 286 cm³/mol. The van der Waals surface area contributed by atoms with Crippen LogP contribution in [0.4, 0.5) is 5.82 Å². The second-order valence-electron chi connectivity index (χ2n) is 17.7. The van der Waals surface area contributed by atoms with Gasteiger partial charge in [0, 0.05) is 48.1 Å². The number of aromatic nitrogens is 4. The second kappa shape index (κ2) is 33.4. The van der Waals surface area contributed by atoms with Crippen molar-refractivity contribution >= 4 is 92.8 Å². The number of hydrogen-bond acceptors (Lipinski definition) is 23. The summed E-state index contributed by atoms with van der Waals surface area (Å²) in [6, 6.07) is -1.10. The summed E-state index contributed by atoms with van der Waals surface area (Å²) in [6.45, 7) is 0.278. The fourth-order valence-corrected chi connectivity index (χ4v) is 11.2. The van der Waals surface area contributed by atoms with Crippen LogP contribution in [-0.2, 0) is 60.3 Å². The number of nitrogens with zero attached hydrogens (tertiary/aromatic N) is 4. The quantitative estimate of drug-likeness (QED) is 0.0151. The van der Waals surface area contributed by atoms with Crippen molar-refractivity contribution in [3.8, 4) is 0 Å². The second-order valence-corrected chi connectivity index (χ2v) is 24.3. The summed E-state index contributed by atoms with van der Waals surface area (Å²) in [6.07, 6.45) is 12.1. The van der Waals surface area contributed by atoms with Gasteiger partial charge in [-0.1, -0.05) is 80.3 Å². The molecular weight excluding hydrogens is 1150 g/mol. The topological polar surface area (TPSA) is 484 Å². The third-order valence-electron chi connectivity index (χ3n) is 10.8. The van der Waals surface area contributed by atoms with Crippen molar-refractivity contribution in [2.45, 2.75) is 107 Å². The fraction of sp³-hybridized carbons (Fsp3) is 0.545. The van der Waals surface area contributed by atoms with Crippen molar-refractivity contribution in [3.63, 3.8) is 0 Å². The number of aliphatic hydroxyl groups is 3. The van der Waals surface area contributed by atoms with Gasteiger partial charge in [0.2, 0.25) is 16.9 Å². The molecule has 3 heterocycles. The number of fused-ring (bicyclic) bond motifs is 1. The number of unbranched alkanes of at least 4 members (excludes halogenated alkanes) is 1. The van der Waals surface area contributed by atoms with Gasteiger partial charge in [0.15, 0.2) is 17.7 Å². The zero-order valence-electron chi connectivity index (χ0n) is 42.7. The van der Waals surface area contributed by atoms with Crippen molar-refractivity contribution in [1.82, 2.24) is 30.2 Å². The molecule has 0 spiro atoms. The molecule has 1 aliphatic rings. The van der Waals surface area contributed by atoms with Crippen LogP contribution in [0, 0.1) is 5.41 Å². The molecule has 0 aromatic carbocycles. The third-order valence-corrected chi connectivity index (χ3v) is 16.1. The van der Waals surface area contributed by atoms with E-state index >= 15 is 0 Å². The van der Waals surface area contributed by atoms with Crippen molar-refractivity contribution < 1.29 is 105 Å². The number of carbonyl (C=O) groups is 5. The first-order chi connectivity index (χ1) is 37.0. The molecule has 10 atom stereocenters. The number of ether oxygens (including phenoxy) is 1. The maximum absolute atomic E-state index is 12.8. The molecule has 0 bridgehead atoms. The summed E-state index contributed by atoms with van der Waals surface area (Å²) in [7, 11) is -16.5. The number of amides is 2. The highest BCUT2D eigenvalue weighted by Gasteiger charge is 2.50. The Balaban J connectivity index is 1.31. The predicted octanol–water partition coefficient (Wildman–Crippen LogP) is 1.75. The number of carboxylic acid groups (broad SMARTS) is 2.